The Labute approximate surface area is 115 Å². The van der Waals surface area contributed by atoms with Crippen molar-refractivity contribution in [2.45, 2.75) is 6.92 Å². The number of anilines is 1. The first-order valence-corrected chi connectivity index (χ1v) is 6.24. The Bertz CT molecular complexity index is 528. The average molecular weight is 283 g/mol. The van der Waals surface area contributed by atoms with Crippen LogP contribution < -0.4 is 5.32 Å². The Morgan fingerprint density at radius 2 is 1.70 bits per heavy atom. The van der Waals surface area contributed by atoms with Crippen molar-refractivity contribution in [2.24, 2.45) is 0 Å². The molecule has 1 heterocycles. The van der Waals surface area contributed by atoms with Crippen LogP contribution in [0.2, 0.25) is 0 Å². The zero-order valence-corrected chi connectivity index (χ0v) is 11.0. The van der Waals surface area contributed by atoms with E-state index in [0.29, 0.717) is 26.2 Å². The van der Waals surface area contributed by atoms with Crippen molar-refractivity contribution < 1.29 is 18.4 Å². The number of hydrogen-bond donors (Lipinski definition) is 1. The quantitative estimate of drug-likeness (QED) is 0.852. The lowest BCUT2D eigenvalue weighted by atomic mass is 10.3. The first kappa shape index (κ1) is 14.2. The number of rotatable bonds is 1. The van der Waals surface area contributed by atoms with Crippen LogP contribution in [0.15, 0.2) is 18.2 Å². The second-order valence-electron chi connectivity index (χ2n) is 4.55. The molecule has 0 saturated carbocycles. The number of hydrogen-bond acceptors (Lipinski definition) is 2. The van der Waals surface area contributed by atoms with E-state index in [4.69, 9.17) is 0 Å². The summed E-state index contributed by atoms with van der Waals surface area (Å²) >= 11 is 0. The average Bonchev–Trinajstić information content (AvgIpc) is 2.43. The summed E-state index contributed by atoms with van der Waals surface area (Å²) in [7, 11) is 0. The number of piperazine rings is 1. The maximum Gasteiger partial charge on any atom is 0.322 e. The van der Waals surface area contributed by atoms with E-state index in [-0.39, 0.29) is 11.6 Å². The molecule has 0 radical (unpaired) electrons. The highest BCUT2D eigenvalue weighted by atomic mass is 19.1. The normalized spacial score (nSPS) is 15.2. The Kier molecular flexibility index (Phi) is 4.16. The van der Waals surface area contributed by atoms with Gasteiger partial charge in [-0.2, -0.15) is 0 Å². The van der Waals surface area contributed by atoms with Gasteiger partial charge in [-0.1, -0.05) is 0 Å². The molecule has 20 heavy (non-hydrogen) atoms. The molecule has 0 unspecified atom stereocenters. The predicted molar refractivity (Wildman–Crippen MR) is 69.2 cm³/mol. The summed E-state index contributed by atoms with van der Waals surface area (Å²) in [5.41, 5.74) is -0.191. The molecule has 1 aromatic rings. The highest BCUT2D eigenvalue weighted by molar-refractivity contribution is 5.89. The fourth-order valence-electron chi connectivity index (χ4n) is 2.01. The smallest absolute Gasteiger partial charge is 0.322 e. The summed E-state index contributed by atoms with van der Waals surface area (Å²) in [4.78, 5) is 26.2. The van der Waals surface area contributed by atoms with Crippen molar-refractivity contribution in [3.05, 3.63) is 29.8 Å². The van der Waals surface area contributed by atoms with Crippen LogP contribution in [0.4, 0.5) is 19.3 Å². The maximum absolute atomic E-state index is 13.4. The van der Waals surface area contributed by atoms with Gasteiger partial charge in [0.1, 0.15) is 11.6 Å². The molecule has 0 bridgehead atoms. The van der Waals surface area contributed by atoms with Crippen LogP contribution in [0.1, 0.15) is 6.92 Å². The Balaban J connectivity index is 1.96. The number of benzene rings is 1. The lowest BCUT2D eigenvalue weighted by molar-refractivity contribution is -0.130. The van der Waals surface area contributed by atoms with Gasteiger partial charge in [-0.25, -0.2) is 13.6 Å². The van der Waals surface area contributed by atoms with Gasteiger partial charge < -0.3 is 15.1 Å². The third-order valence-electron chi connectivity index (χ3n) is 3.18. The molecular formula is C13H15F2N3O2. The number of carbonyl (C=O) groups excluding carboxylic acids is 2. The fourth-order valence-corrected chi connectivity index (χ4v) is 2.01. The van der Waals surface area contributed by atoms with E-state index < -0.39 is 17.7 Å². The minimum atomic E-state index is -0.692. The molecule has 2 rings (SSSR count). The van der Waals surface area contributed by atoms with Crippen LogP contribution >= 0.6 is 0 Å². The number of carbonyl (C=O) groups is 2. The van der Waals surface area contributed by atoms with E-state index in [1.165, 1.54) is 11.8 Å². The highest BCUT2D eigenvalue weighted by Crippen LogP contribution is 2.16. The number of nitrogens with zero attached hydrogens (tertiary/aromatic N) is 2. The maximum atomic E-state index is 13.4. The minimum absolute atomic E-state index is 0.0405. The van der Waals surface area contributed by atoms with Crippen molar-refractivity contribution in [3.8, 4) is 0 Å². The zero-order valence-electron chi connectivity index (χ0n) is 11.0. The monoisotopic (exact) mass is 283 g/mol. The third-order valence-corrected chi connectivity index (χ3v) is 3.18. The second kappa shape index (κ2) is 5.85. The molecule has 0 aromatic heterocycles. The number of amides is 3. The van der Waals surface area contributed by atoms with Crippen molar-refractivity contribution in [1.82, 2.24) is 9.80 Å². The number of nitrogens with one attached hydrogen (secondary N) is 1. The summed E-state index contributed by atoms with van der Waals surface area (Å²) in [6.45, 7) is 3.07. The van der Waals surface area contributed by atoms with Crippen molar-refractivity contribution >= 4 is 17.6 Å². The van der Waals surface area contributed by atoms with Gasteiger partial charge in [-0.15, -0.1) is 0 Å². The van der Waals surface area contributed by atoms with E-state index in [0.717, 1.165) is 18.2 Å². The van der Waals surface area contributed by atoms with Gasteiger partial charge in [0.2, 0.25) is 5.91 Å². The van der Waals surface area contributed by atoms with Gasteiger partial charge in [0.05, 0.1) is 5.69 Å². The summed E-state index contributed by atoms with van der Waals surface area (Å²) in [5.74, 6) is -1.36. The molecule has 1 N–H and O–H groups in total. The molecule has 0 spiro atoms. The number of urea groups is 1. The molecule has 1 fully saturated rings. The van der Waals surface area contributed by atoms with Crippen LogP contribution in [0, 0.1) is 11.6 Å². The summed E-state index contributed by atoms with van der Waals surface area (Å²) in [6, 6.07) is 2.37. The Morgan fingerprint density at radius 3 is 2.30 bits per heavy atom. The first-order chi connectivity index (χ1) is 9.47. The van der Waals surface area contributed by atoms with E-state index in [9.17, 15) is 18.4 Å². The van der Waals surface area contributed by atoms with Crippen LogP contribution in [0.25, 0.3) is 0 Å². The van der Waals surface area contributed by atoms with E-state index in [1.807, 2.05) is 0 Å². The second-order valence-corrected chi connectivity index (χ2v) is 4.55. The lowest BCUT2D eigenvalue weighted by Gasteiger charge is -2.34. The summed E-state index contributed by atoms with van der Waals surface area (Å²) in [5, 5.41) is 2.33. The molecule has 0 atom stereocenters. The topological polar surface area (TPSA) is 52.7 Å². The molecule has 108 valence electrons. The third kappa shape index (κ3) is 3.23. The van der Waals surface area contributed by atoms with Crippen LogP contribution in [0.5, 0.6) is 0 Å². The summed E-state index contributed by atoms with van der Waals surface area (Å²) in [6.07, 6.45) is 0. The van der Waals surface area contributed by atoms with Gasteiger partial charge in [-0.3, -0.25) is 4.79 Å². The first-order valence-electron chi connectivity index (χ1n) is 6.24. The fraction of sp³-hybridized carbons (Fsp3) is 0.385. The van der Waals surface area contributed by atoms with Gasteiger partial charge in [-0.05, 0) is 12.1 Å². The molecule has 0 aliphatic carbocycles. The highest BCUT2D eigenvalue weighted by Gasteiger charge is 2.22. The van der Waals surface area contributed by atoms with Crippen LogP contribution in [-0.2, 0) is 4.79 Å². The van der Waals surface area contributed by atoms with Gasteiger partial charge >= 0.3 is 6.03 Å². The number of halogens is 2. The SMILES string of the molecule is CC(=O)N1CCN(C(=O)Nc2cc(F)ccc2F)CC1. The van der Waals surface area contributed by atoms with Crippen molar-refractivity contribution in [2.75, 3.05) is 31.5 Å². The molecule has 5 nitrogen and oxygen atoms in total. The lowest BCUT2D eigenvalue weighted by Crippen LogP contribution is -2.51. The van der Waals surface area contributed by atoms with E-state index in [2.05, 4.69) is 5.32 Å². The molecule has 1 aromatic carbocycles. The predicted octanol–water partition coefficient (Wildman–Crippen LogP) is 1.66. The molecular weight excluding hydrogens is 268 g/mol. The van der Waals surface area contributed by atoms with Crippen molar-refractivity contribution in [1.29, 1.82) is 0 Å². The van der Waals surface area contributed by atoms with Crippen LogP contribution in [0.3, 0.4) is 0 Å². The van der Waals surface area contributed by atoms with Gasteiger partial charge in [0.15, 0.2) is 0 Å². The van der Waals surface area contributed by atoms with E-state index >= 15 is 0 Å². The zero-order chi connectivity index (χ0) is 14.7. The van der Waals surface area contributed by atoms with Crippen molar-refractivity contribution in [3.63, 3.8) is 0 Å². The molecule has 1 aliphatic rings. The summed E-state index contributed by atoms with van der Waals surface area (Å²) < 4.78 is 26.4. The molecule has 3 amide bonds. The molecule has 1 saturated heterocycles. The van der Waals surface area contributed by atoms with Gasteiger partial charge in [0.25, 0.3) is 0 Å². The van der Waals surface area contributed by atoms with E-state index in [1.54, 1.807) is 4.90 Å². The largest absolute Gasteiger partial charge is 0.339 e. The molecule has 7 heteroatoms. The minimum Gasteiger partial charge on any atom is -0.339 e. The Hall–Kier alpha value is -2.18. The molecule has 1 aliphatic heterocycles. The van der Waals surface area contributed by atoms with Gasteiger partial charge in [0, 0.05) is 39.2 Å². The van der Waals surface area contributed by atoms with Crippen LogP contribution in [-0.4, -0.2) is 47.9 Å². The Morgan fingerprint density at radius 1 is 1.10 bits per heavy atom. The standard InChI is InChI=1S/C13H15F2N3O2/c1-9(19)17-4-6-18(7-5-17)13(20)16-12-8-10(14)2-3-11(12)15/h2-3,8H,4-7H2,1H3,(H,16,20).